The molecule has 0 aliphatic carbocycles. The normalized spacial score (nSPS) is 13.8. The summed E-state index contributed by atoms with van der Waals surface area (Å²) in [5.41, 5.74) is 0.445. The van der Waals surface area contributed by atoms with Crippen molar-refractivity contribution in [3.05, 3.63) is 39.9 Å². The predicted octanol–water partition coefficient (Wildman–Crippen LogP) is 1.35. The molecule has 0 heterocycles. The number of aliphatic hydroxyl groups excluding tert-OH is 1. The van der Waals surface area contributed by atoms with Gasteiger partial charge in [-0.2, -0.15) is 0 Å². The van der Waals surface area contributed by atoms with Crippen molar-refractivity contribution in [1.82, 2.24) is 4.90 Å². The summed E-state index contributed by atoms with van der Waals surface area (Å²) in [4.78, 5) is 23.1. The number of nitro benzene ring substituents is 1. The van der Waals surface area contributed by atoms with Crippen molar-refractivity contribution in [2.24, 2.45) is 5.92 Å². The Bertz CT molecular complexity index is 442. The lowest BCUT2D eigenvalue weighted by atomic mass is 9.96. The number of rotatable bonds is 4. The van der Waals surface area contributed by atoms with E-state index in [0.717, 1.165) is 0 Å². The van der Waals surface area contributed by atoms with Gasteiger partial charge >= 0.3 is 0 Å². The molecule has 2 atom stereocenters. The standard InChI is InChI=1S/C12H16N2O4/c1-8(12(16)13(2)3)11(15)9-4-6-10(7-5-9)14(17)18/h4-8,11,15H,1-3H3/t8-,11-/m0/s1. The van der Waals surface area contributed by atoms with Gasteiger partial charge in [0.15, 0.2) is 0 Å². The summed E-state index contributed by atoms with van der Waals surface area (Å²) < 4.78 is 0. The Kier molecular flexibility index (Phi) is 4.38. The van der Waals surface area contributed by atoms with Gasteiger partial charge in [-0.1, -0.05) is 6.92 Å². The first-order chi connectivity index (χ1) is 8.34. The second kappa shape index (κ2) is 5.59. The first-order valence-electron chi connectivity index (χ1n) is 5.48. The monoisotopic (exact) mass is 252 g/mol. The lowest BCUT2D eigenvalue weighted by molar-refractivity contribution is -0.384. The fourth-order valence-electron chi connectivity index (χ4n) is 1.62. The molecule has 1 amide bonds. The average Bonchev–Trinajstić information content (AvgIpc) is 2.36. The molecule has 0 saturated carbocycles. The number of nitro groups is 1. The van der Waals surface area contributed by atoms with Gasteiger partial charge in [-0.25, -0.2) is 0 Å². The molecule has 1 aromatic rings. The van der Waals surface area contributed by atoms with E-state index in [4.69, 9.17) is 0 Å². The Labute approximate surface area is 105 Å². The number of amides is 1. The van der Waals surface area contributed by atoms with Crippen LogP contribution in [0.1, 0.15) is 18.6 Å². The number of hydrogen-bond acceptors (Lipinski definition) is 4. The molecule has 1 aromatic carbocycles. The minimum atomic E-state index is -0.972. The van der Waals surface area contributed by atoms with Gasteiger partial charge in [0, 0.05) is 26.2 Å². The summed E-state index contributed by atoms with van der Waals surface area (Å²) in [5, 5.41) is 20.5. The molecule has 0 spiro atoms. The molecular weight excluding hydrogens is 236 g/mol. The van der Waals surface area contributed by atoms with E-state index >= 15 is 0 Å². The zero-order valence-electron chi connectivity index (χ0n) is 10.5. The molecule has 0 bridgehead atoms. The molecule has 0 saturated heterocycles. The molecule has 0 fully saturated rings. The number of aliphatic hydroxyl groups is 1. The van der Waals surface area contributed by atoms with Crippen LogP contribution in [-0.2, 0) is 4.79 Å². The van der Waals surface area contributed by atoms with Gasteiger partial charge in [-0.05, 0) is 17.7 Å². The molecule has 1 N–H and O–H groups in total. The van der Waals surface area contributed by atoms with Crippen LogP contribution in [0.4, 0.5) is 5.69 Å². The lowest BCUT2D eigenvalue weighted by Gasteiger charge is -2.21. The minimum absolute atomic E-state index is 0.0439. The third-order valence-electron chi connectivity index (χ3n) is 2.75. The largest absolute Gasteiger partial charge is 0.388 e. The van der Waals surface area contributed by atoms with Gasteiger partial charge in [0.25, 0.3) is 5.69 Å². The van der Waals surface area contributed by atoms with Crippen molar-refractivity contribution >= 4 is 11.6 Å². The quantitative estimate of drug-likeness (QED) is 0.647. The summed E-state index contributed by atoms with van der Waals surface area (Å²) in [5.74, 6) is -0.790. The summed E-state index contributed by atoms with van der Waals surface area (Å²) in [6, 6.07) is 5.54. The summed E-state index contributed by atoms with van der Waals surface area (Å²) in [7, 11) is 3.22. The van der Waals surface area contributed by atoms with E-state index in [0.29, 0.717) is 5.56 Å². The van der Waals surface area contributed by atoms with Gasteiger partial charge in [0.1, 0.15) is 0 Å². The maximum atomic E-state index is 11.7. The number of carbonyl (C=O) groups is 1. The van der Waals surface area contributed by atoms with E-state index < -0.39 is 16.9 Å². The van der Waals surface area contributed by atoms with Crippen LogP contribution in [0, 0.1) is 16.0 Å². The minimum Gasteiger partial charge on any atom is -0.388 e. The number of non-ortho nitro benzene ring substituents is 1. The van der Waals surface area contributed by atoms with E-state index in [9.17, 15) is 20.0 Å². The fourth-order valence-corrected chi connectivity index (χ4v) is 1.62. The van der Waals surface area contributed by atoms with Gasteiger partial charge in [-0.3, -0.25) is 14.9 Å². The molecule has 18 heavy (non-hydrogen) atoms. The number of benzene rings is 1. The zero-order valence-corrected chi connectivity index (χ0v) is 10.5. The highest BCUT2D eigenvalue weighted by molar-refractivity contribution is 5.78. The summed E-state index contributed by atoms with van der Waals surface area (Å²) in [6.45, 7) is 1.62. The van der Waals surface area contributed by atoms with Crippen molar-refractivity contribution in [2.75, 3.05) is 14.1 Å². The maximum Gasteiger partial charge on any atom is 0.269 e. The Balaban J connectivity index is 2.87. The Morgan fingerprint density at radius 1 is 1.33 bits per heavy atom. The second-order valence-electron chi connectivity index (χ2n) is 4.31. The summed E-state index contributed by atoms with van der Waals surface area (Å²) >= 11 is 0. The third-order valence-corrected chi connectivity index (χ3v) is 2.75. The van der Waals surface area contributed by atoms with Gasteiger partial charge < -0.3 is 10.0 Å². The molecule has 98 valence electrons. The Hall–Kier alpha value is -1.95. The van der Waals surface area contributed by atoms with Crippen molar-refractivity contribution in [3.8, 4) is 0 Å². The van der Waals surface area contributed by atoms with E-state index in [1.165, 1.54) is 29.2 Å². The van der Waals surface area contributed by atoms with Gasteiger partial charge in [0.2, 0.25) is 5.91 Å². The Morgan fingerprint density at radius 2 is 1.83 bits per heavy atom. The van der Waals surface area contributed by atoms with Crippen LogP contribution >= 0.6 is 0 Å². The number of carbonyl (C=O) groups excluding carboxylic acids is 1. The average molecular weight is 252 g/mol. The van der Waals surface area contributed by atoms with E-state index in [1.54, 1.807) is 21.0 Å². The van der Waals surface area contributed by atoms with Crippen LogP contribution in [0.2, 0.25) is 0 Å². The van der Waals surface area contributed by atoms with Crippen LogP contribution in [0.5, 0.6) is 0 Å². The maximum absolute atomic E-state index is 11.7. The highest BCUT2D eigenvalue weighted by atomic mass is 16.6. The van der Waals surface area contributed by atoms with E-state index in [2.05, 4.69) is 0 Å². The Morgan fingerprint density at radius 3 is 2.22 bits per heavy atom. The van der Waals surface area contributed by atoms with Crippen LogP contribution in [-0.4, -0.2) is 34.9 Å². The number of nitrogens with zero attached hydrogens (tertiary/aromatic N) is 2. The molecule has 0 aromatic heterocycles. The van der Waals surface area contributed by atoms with E-state index in [1.807, 2.05) is 0 Å². The molecule has 6 heteroatoms. The SMILES string of the molecule is C[C@H](C(=O)N(C)C)[C@H](O)c1ccc([N+](=O)[O-])cc1. The van der Waals surface area contributed by atoms with Gasteiger partial charge in [0.05, 0.1) is 16.9 Å². The second-order valence-corrected chi connectivity index (χ2v) is 4.31. The molecular formula is C12H16N2O4. The van der Waals surface area contributed by atoms with Crippen LogP contribution in [0.15, 0.2) is 24.3 Å². The zero-order chi connectivity index (χ0) is 13.9. The molecule has 0 aliphatic heterocycles. The predicted molar refractivity (Wildman–Crippen MR) is 65.9 cm³/mol. The molecule has 0 unspecified atom stereocenters. The number of hydrogen-bond donors (Lipinski definition) is 1. The lowest BCUT2D eigenvalue weighted by Crippen LogP contribution is -2.31. The van der Waals surface area contributed by atoms with Crippen molar-refractivity contribution in [1.29, 1.82) is 0 Å². The van der Waals surface area contributed by atoms with E-state index in [-0.39, 0.29) is 11.6 Å². The van der Waals surface area contributed by atoms with Crippen LogP contribution in [0.25, 0.3) is 0 Å². The molecule has 0 radical (unpaired) electrons. The fraction of sp³-hybridized carbons (Fsp3) is 0.417. The van der Waals surface area contributed by atoms with Crippen molar-refractivity contribution < 1.29 is 14.8 Å². The first-order valence-corrected chi connectivity index (χ1v) is 5.48. The molecule has 6 nitrogen and oxygen atoms in total. The third kappa shape index (κ3) is 3.04. The van der Waals surface area contributed by atoms with Crippen LogP contribution in [0.3, 0.4) is 0 Å². The highest BCUT2D eigenvalue weighted by Crippen LogP contribution is 2.24. The van der Waals surface area contributed by atoms with Crippen molar-refractivity contribution in [3.63, 3.8) is 0 Å². The molecule has 0 aliphatic rings. The smallest absolute Gasteiger partial charge is 0.269 e. The summed E-state index contributed by atoms with van der Waals surface area (Å²) in [6.07, 6.45) is -0.972. The van der Waals surface area contributed by atoms with Gasteiger partial charge in [-0.15, -0.1) is 0 Å². The topological polar surface area (TPSA) is 83.7 Å². The van der Waals surface area contributed by atoms with Crippen LogP contribution < -0.4 is 0 Å². The van der Waals surface area contributed by atoms with Crippen molar-refractivity contribution in [2.45, 2.75) is 13.0 Å². The highest BCUT2D eigenvalue weighted by Gasteiger charge is 2.25. The first kappa shape index (κ1) is 14.1. The molecule has 1 rings (SSSR count).